The summed E-state index contributed by atoms with van der Waals surface area (Å²) in [4.78, 5) is 29.6. The number of carbonyl (C=O) groups is 2. The summed E-state index contributed by atoms with van der Waals surface area (Å²) >= 11 is 4.42. The van der Waals surface area contributed by atoms with Gasteiger partial charge in [0.2, 0.25) is 5.91 Å². The first-order chi connectivity index (χ1) is 13.3. The predicted molar refractivity (Wildman–Crippen MR) is 109 cm³/mol. The third kappa shape index (κ3) is 4.58. The maximum atomic E-state index is 14.1. The number of benzene rings is 2. The number of hydrogen-bond donors (Lipinski definition) is 0. The third-order valence-corrected chi connectivity index (χ3v) is 5.02. The molecule has 0 fully saturated rings. The maximum absolute atomic E-state index is 14.1. The lowest BCUT2D eigenvalue weighted by atomic mass is 10.1. The number of allylic oxidation sites excluding steroid dienone is 1. The Hall–Kier alpha value is -2.71. The highest BCUT2D eigenvalue weighted by Crippen LogP contribution is 2.31. The van der Waals surface area contributed by atoms with Gasteiger partial charge in [0, 0.05) is 28.4 Å². The number of amides is 1. The molecule has 8 heteroatoms. The first-order valence-corrected chi connectivity index (χ1v) is 9.71. The predicted octanol–water partition coefficient (Wildman–Crippen LogP) is 5.76. The Bertz CT molecular complexity index is 1080. The molecule has 0 aliphatic heterocycles. The molecule has 28 heavy (non-hydrogen) atoms. The SMILES string of the molecule is CC(=O)N(c1nc(/C=C/C(=O)c2cccc(Br)c2)cs1)c1ccc(F)cc1F. The zero-order chi connectivity index (χ0) is 20.3. The van der Waals surface area contributed by atoms with Gasteiger partial charge in [-0.2, -0.15) is 0 Å². The number of aromatic nitrogens is 1. The number of thiazole rings is 1. The molecular formula is C20H13BrF2N2O2S. The molecule has 0 saturated carbocycles. The molecular weight excluding hydrogens is 450 g/mol. The smallest absolute Gasteiger partial charge is 0.230 e. The second-order valence-corrected chi connectivity index (χ2v) is 7.47. The van der Waals surface area contributed by atoms with Crippen molar-refractivity contribution in [3.63, 3.8) is 0 Å². The van der Waals surface area contributed by atoms with Crippen LogP contribution in [-0.2, 0) is 4.79 Å². The molecule has 142 valence electrons. The lowest BCUT2D eigenvalue weighted by molar-refractivity contribution is -0.115. The number of nitrogens with zero attached hydrogens (tertiary/aromatic N) is 2. The van der Waals surface area contributed by atoms with Crippen LogP contribution in [0.1, 0.15) is 23.0 Å². The van der Waals surface area contributed by atoms with Crippen molar-refractivity contribution in [2.24, 2.45) is 0 Å². The fourth-order valence-electron chi connectivity index (χ4n) is 2.42. The Morgan fingerprint density at radius 1 is 1.18 bits per heavy atom. The Morgan fingerprint density at radius 2 is 1.96 bits per heavy atom. The van der Waals surface area contributed by atoms with Crippen molar-refractivity contribution >= 4 is 55.9 Å². The molecule has 3 rings (SSSR count). The topological polar surface area (TPSA) is 50.3 Å². The lowest BCUT2D eigenvalue weighted by Crippen LogP contribution is -2.23. The molecule has 4 nitrogen and oxygen atoms in total. The van der Waals surface area contributed by atoms with Crippen molar-refractivity contribution < 1.29 is 18.4 Å². The summed E-state index contributed by atoms with van der Waals surface area (Å²) in [6, 6.07) is 9.93. The highest BCUT2D eigenvalue weighted by molar-refractivity contribution is 9.10. The van der Waals surface area contributed by atoms with Crippen LogP contribution in [0.25, 0.3) is 6.08 Å². The fraction of sp³-hybridized carbons (Fsp3) is 0.0500. The summed E-state index contributed by atoms with van der Waals surface area (Å²) in [6.45, 7) is 1.26. The molecule has 0 unspecified atom stereocenters. The number of rotatable bonds is 5. The molecule has 1 heterocycles. The Balaban J connectivity index is 1.85. The zero-order valence-corrected chi connectivity index (χ0v) is 16.9. The monoisotopic (exact) mass is 462 g/mol. The van der Waals surface area contributed by atoms with Gasteiger partial charge in [0.05, 0.1) is 11.4 Å². The van der Waals surface area contributed by atoms with Gasteiger partial charge < -0.3 is 0 Å². The Morgan fingerprint density at radius 3 is 2.64 bits per heavy atom. The standard InChI is InChI=1S/C20H13BrF2N2O2S/c1-12(26)25(18-7-5-15(22)10-17(18)23)20-24-16(11-28-20)6-8-19(27)13-3-2-4-14(21)9-13/h2-11H,1H3/b8-6+. The molecule has 1 amide bonds. The van der Waals surface area contributed by atoms with Crippen LogP contribution in [0.15, 0.2) is 58.4 Å². The second kappa shape index (κ2) is 8.53. The molecule has 0 saturated heterocycles. The first kappa shape index (κ1) is 20.0. The van der Waals surface area contributed by atoms with E-state index in [1.165, 1.54) is 25.1 Å². The quantitative estimate of drug-likeness (QED) is 0.357. The molecule has 0 bridgehead atoms. The largest absolute Gasteiger partial charge is 0.289 e. The van der Waals surface area contributed by atoms with Gasteiger partial charge in [-0.1, -0.05) is 28.1 Å². The van der Waals surface area contributed by atoms with Gasteiger partial charge in [-0.25, -0.2) is 13.8 Å². The summed E-state index contributed by atoms with van der Waals surface area (Å²) in [7, 11) is 0. The van der Waals surface area contributed by atoms with Crippen LogP contribution in [-0.4, -0.2) is 16.7 Å². The molecule has 0 N–H and O–H groups in total. The van der Waals surface area contributed by atoms with Gasteiger partial charge in [-0.15, -0.1) is 11.3 Å². The Kier molecular flexibility index (Phi) is 6.11. The summed E-state index contributed by atoms with van der Waals surface area (Å²) < 4.78 is 28.1. The van der Waals surface area contributed by atoms with E-state index >= 15 is 0 Å². The van der Waals surface area contributed by atoms with Crippen LogP contribution in [0.4, 0.5) is 19.6 Å². The van der Waals surface area contributed by atoms with Gasteiger partial charge in [0.15, 0.2) is 10.9 Å². The maximum Gasteiger partial charge on any atom is 0.230 e. The molecule has 1 aromatic heterocycles. The van der Waals surface area contributed by atoms with Crippen molar-refractivity contribution in [3.05, 3.63) is 81.3 Å². The lowest BCUT2D eigenvalue weighted by Gasteiger charge is -2.18. The van der Waals surface area contributed by atoms with Gasteiger partial charge in [-0.3, -0.25) is 14.5 Å². The molecule has 0 spiro atoms. The minimum Gasteiger partial charge on any atom is -0.289 e. The average Bonchev–Trinajstić information content (AvgIpc) is 3.10. The van der Waals surface area contributed by atoms with Gasteiger partial charge in [-0.05, 0) is 36.4 Å². The van der Waals surface area contributed by atoms with Crippen molar-refractivity contribution in [3.8, 4) is 0 Å². The average molecular weight is 463 g/mol. The summed E-state index contributed by atoms with van der Waals surface area (Å²) in [5, 5.41) is 1.85. The minimum atomic E-state index is -0.868. The summed E-state index contributed by atoms with van der Waals surface area (Å²) in [5.74, 6) is -2.28. The molecule has 0 atom stereocenters. The summed E-state index contributed by atoms with van der Waals surface area (Å²) in [5.41, 5.74) is 0.862. The fourth-order valence-corrected chi connectivity index (χ4v) is 3.67. The highest BCUT2D eigenvalue weighted by Gasteiger charge is 2.21. The van der Waals surface area contributed by atoms with E-state index in [-0.39, 0.29) is 16.6 Å². The van der Waals surface area contributed by atoms with Crippen molar-refractivity contribution in [2.75, 3.05) is 4.90 Å². The molecule has 2 aromatic carbocycles. The minimum absolute atomic E-state index is 0.0935. The molecule has 0 radical (unpaired) electrons. The van der Waals surface area contributed by atoms with E-state index in [0.717, 1.165) is 26.8 Å². The van der Waals surface area contributed by atoms with E-state index in [1.807, 2.05) is 6.07 Å². The van der Waals surface area contributed by atoms with Crippen LogP contribution in [0.2, 0.25) is 0 Å². The van der Waals surface area contributed by atoms with Crippen LogP contribution in [0.5, 0.6) is 0 Å². The van der Waals surface area contributed by atoms with E-state index < -0.39 is 17.5 Å². The van der Waals surface area contributed by atoms with Crippen molar-refractivity contribution in [1.82, 2.24) is 4.98 Å². The Labute approximate surface area is 172 Å². The van der Waals surface area contributed by atoms with E-state index in [4.69, 9.17) is 0 Å². The van der Waals surface area contributed by atoms with Crippen LogP contribution in [0, 0.1) is 11.6 Å². The normalized spacial score (nSPS) is 11.0. The van der Waals surface area contributed by atoms with Crippen LogP contribution in [0.3, 0.4) is 0 Å². The van der Waals surface area contributed by atoms with E-state index in [1.54, 1.807) is 23.6 Å². The molecule has 3 aromatic rings. The first-order valence-electron chi connectivity index (χ1n) is 8.04. The van der Waals surface area contributed by atoms with Crippen LogP contribution >= 0.6 is 27.3 Å². The van der Waals surface area contributed by atoms with E-state index in [9.17, 15) is 18.4 Å². The van der Waals surface area contributed by atoms with Gasteiger partial charge in [0.25, 0.3) is 0 Å². The number of carbonyl (C=O) groups excluding carboxylic acids is 2. The third-order valence-electron chi connectivity index (χ3n) is 3.68. The number of ketones is 1. The van der Waals surface area contributed by atoms with E-state index in [2.05, 4.69) is 20.9 Å². The van der Waals surface area contributed by atoms with E-state index in [0.29, 0.717) is 17.3 Å². The van der Waals surface area contributed by atoms with Crippen LogP contribution < -0.4 is 4.90 Å². The van der Waals surface area contributed by atoms with Gasteiger partial charge in [0.1, 0.15) is 11.6 Å². The summed E-state index contributed by atoms with van der Waals surface area (Å²) in [6.07, 6.45) is 2.89. The van der Waals surface area contributed by atoms with Crippen molar-refractivity contribution in [2.45, 2.75) is 6.92 Å². The zero-order valence-electron chi connectivity index (χ0n) is 14.5. The molecule has 0 aliphatic carbocycles. The van der Waals surface area contributed by atoms with Gasteiger partial charge >= 0.3 is 0 Å². The number of halogens is 3. The second-order valence-electron chi connectivity index (χ2n) is 5.71. The number of anilines is 2. The number of hydrogen-bond acceptors (Lipinski definition) is 4. The molecule has 0 aliphatic rings. The van der Waals surface area contributed by atoms with Crippen molar-refractivity contribution in [1.29, 1.82) is 0 Å². The highest BCUT2D eigenvalue weighted by atomic mass is 79.9.